The van der Waals surface area contributed by atoms with E-state index in [1.54, 1.807) is 25.1 Å². The highest BCUT2D eigenvalue weighted by atomic mass is 35.5. The molecule has 0 radical (unpaired) electrons. The second kappa shape index (κ2) is 5.55. The quantitative estimate of drug-likeness (QED) is 0.888. The number of halogens is 2. The molecule has 0 aliphatic rings. The van der Waals surface area contributed by atoms with E-state index in [-0.39, 0.29) is 5.76 Å². The summed E-state index contributed by atoms with van der Waals surface area (Å²) in [6.45, 7) is 2.15. The van der Waals surface area contributed by atoms with Crippen molar-refractivity contribution in [3.8, 4) is 0 Å². The average molecular weight is 300 g/mol. The van der Waals surface area contributed by atoms with Gasteiger partial charge in [0.25, 0.3) is 0 Å². The van der Waals surface area contributed by atoms with Crippen LogP contribution in [0.25, 0.3) is 0 Å². The number of hydrogen-bond acceptors (Lipinski definition) is 3. The van der Waals surface area contributed by atoms with Crippen LogP contribution >= 0.6 is 23.2 Å². The normalized spacial score (nSPS) is 10.5. The molecule has 0 aliphatic carbocycles. The van der Waals surface area contributed by atoms with Crippen LogP contribution in [0, 0.1) is 6.92 Å². The van der Waals surface area contributed by atoms with Crippen molar-refractivity contribution in [1.29, 1.82) is 0 Å². The number of hydrogen-bond donors (Lipinski definition) is 2. The number of benzene rings is 1. The Labute approximate surface area is 119 Å². The molecule has 1 aromatic heterocycles. The first-order chi connectivity index (χ1) is 8.95. The lowest BCUT2D eigenvalue weighted by Crippen LogP contribution is -1.99. The van der Waals surface area contributed by atoms with Gasteiger partial charge in [-0.2, -0.15) is 0 Å². The molecule has 2 rings (SSSR count). The summed E-state index contributed by atoms with van der Waals surface area (Å²) in [6, 6.07) is 6.61. The number of carboxylic acid groups (broad SMARTS) is 1. The lowest BCUT2D eigenvalue weighted by Gasteiger charge is -2.06. The van der Waals surface area contributed by atoms with E-state index in [9.17, 15) is 4.79 Å². The molecule has 100 valence electrons. The summed E-state index contributed by atoms with van der Waals surface area (Å²) >= 11 is 11.8. The summed E-state index contributed by atoms with van der Waals surface area (Å²) in [6.07, 6.45) is 0. The number of rotatable bonds is 4. The molecule has 0 unspecified atom stereocenters. The molecule has 2 N–H and O–H groups in total. The van der Waals surface area contributed by atoms with Gasteiger partial charge in [-0.3, -0.25) is 0 Å². The largest absolute Gasteiger partial charge is 0.475 e. The lowest BCUT2D eigenvalue weighted by molar-refractivity contribution is 0.0661. The highest BCUT2D eigenvalue weighted by molar-refractivity contribution is 6.35. The van der Waals surface area contributed by atoms with Gasteiger partial charge in [0.05, 0.1) is 0 Å². The van der Waals surface area contributed by atoms with E-state index in [0.29, 0.717) is 22.4 Å². The van der Waals surface area contributed by atoms with Crippen LogP contribution < -0.4 is 5.32 Å². The number of aryl methyl sites for hydroxylation is 1. The summed E-state index contributed by atoms with van der Waals surface area (Å²) in [5.74, 6) is -0.586. The molecule has 6 heteroatoms. The molecule has 0 aliphatic heterocycles. The van der Waals surface area contributed by atoms with Crippen molar-refractivity contribution in [2.24, 2.45) is 0 Å². The van der Waals surface area contributed by atoms with Gasteiger partial charge in [-0.1, -0.05) is 23.2 Å². The number of carbonyl (C=O) groups is 1. The Kier molecular flexibility index (Phi) is 4.02. The zero-order valence-electron chi connectivity index (χ0n) is 10.0. The Balaban J connectivity index is 2.12. The molecule has 1 heterocycles. The Bertz CT molecular complexity index is 602. The number of nitrogens with one attached hydrogen (secondary N) is 1. The van der Waals surface area contributed by atoms with Crippen LogP contribution in [0.4, 0.5) is 5.69 Å². The van der Waals surface area contributed by atoms with E-state index >= 15 is 0 Å². The first-order valence-electron chi connectivity index (χ1n) is 5.48. The monoisotopic (exact) mass is 299 g/mol. The van der Waals surface area contributed by atoms with Crippen molar-refractivity contribution >= 4 is 34.9 Å². The molecule has 0 spiro atoms. The highest BCUT2D eigenvalue weighted by Crippen LogP contribution is 2.23. The molecule has 0 fully saturated rings. The number of anilines is 1. The lowest BCUT2D eigenvalue weighted by atomic mass is 10.2. The van der Waals surface area contributed by atoms with E-state index in [1.165, 1.54) is 6.07 Å². The van der Waals surface area contributed by atoms with Crippen molar-refractivity contribution in [3.63, 3.8) is 0 Å². The molecule has 4 nitrogen and oxygen atoms in total. The molecule has 19 heavy (non-hydrogen) atoms. The van der Waals surface area contributed by atoms with Crippen LogP contribution in [-0.4, -0.2) is 11.1 Å². The van der Waals surface area contributed by atoms with Crippen LogP contribution in [0.15, 0.2) is 28.7 Å². The van der Waals surface area contributed by atoms with Crippen molar-refractivity contribution in [2.75, 3.05) is 5.32 Å². The van der Waals surface area contributed by atoms with Gasteiger partial charge in [-0.15, -0.1) is 0 Å². The number of carboxylic acids is 1. The van der Waals surface area contributed by atoms with Crippen LogP contribution in [0.1, 0.15) is 21.9 Å². The van der Waals surface area contributed by atoms with Gasteiger partial charge >= 0.3 is 5.97 Å². The van der Waals surface area contributed by atoms with Crippen molar-refractivity contribution in [2.45, 2.75) is 13.5 Å². The number of aromatic carboxylic acids is 1. The molecule has 0 saturated carbocycles. The summed E-state index contributed by atoms with van der Waals surface area (Å²) in [7, 11) is 0. The first kappa shape index (κ1) is 13.8. The minimum Gasteiger partial charge on any atom is -0.475 e. The van der Waals surface area contributed by atoms with Gasteiger partial charge in [-0.05, 0) is 31.2 Å². The average Bonchev–Trinajstić information content (AvgIpc) is 2.67. The molecule has 0 saturated heterocycles. The Morgan fingerprint density at radius 3 is 2.42 bits per heavy atom. The zero-order valence-corrected chi connectivity index (χ0v) is 11.5. The van der Waals surface area contributed by atoms with E-state index in [1.807, 2.05) is 0 Å². The summed E-state index contributed by atoms with van der Waals surface area (Å²) < 4.78 is 5.12. The molecule has 0 bridgehead atoms. The Morgan fingerprint density at radius 2 is 1.89 bits per heavy atom. The Morgan fingerprint density at radius 1 is 1.26 bits per heavy atom. The van der Waals surface area contributed by atoms with Crippen LogP contribution in [0.3, 0.4) is 0 Å². The predicted molar refractivity (Wildman–Crippen MR) is 74.2 cm³/mol. The van der Waals surface area contributed by atoms with E-state index < -0.39 is 5.97 Å². The third kappa shape index (κ3) is 3.43. The van der Waals surface area contributed by atoms with E-state index in [2.05, 4.69) is 5.32 Å². The molecular formula is C13H11Cl2NO3. The Hall–Kier alpha value is -1.65. The third-order valence-electron chi connectivity index (χ3n) is 2.58. The first-order valence-corrected chi connectivity index (χ1v) is 6.24. The second-order valence-electron chi connectivity index (χ2n) is 4.01. The SMILES string of the molecule is Cc1oc(C(=O)O)cc1CNc1cc(Cl)cc(Cl)c1. The fourth-order valence-electron chi connectivity index (χ4n) is 1.65. The van der Waals surface area contributed by atoms with Gasteiger partial charge < -0.3 is 14.8 Å². The van der Waals surface area contributed by atoms with Gasteiger partial charge in [0.1, 0.15) is 5.76 Å². The van der Waals surface area contributed by atoms with Gasteiger partial charge in [0, 0.05) is 27.8 Å². The highest BCUT2D eigenvalue weighted by Gasteiger charge is 2.12. The van der Waals surface area contributed by atoms with Crippen molar-refractivity contribution in [3.05, 3.63) is 51.4 Å². The summed E-state index contributed by atoms with van der Waals surface area (Å²) in [5.41, 5.74) is 1.53. The minimum atomic E-state index is -1.08. The maximum atomic E-state index is 10.8. The fourth-order valence-corrected chi connectivity index (χ4v) is 2.18. The number of furan rings is 1. The smallest absolute Gasteiger partial charge is 0.371 e. The summed E-state index contributed by atoms with van der Waals surface area (Å²) in [5, 5.41) is 13.0. The van der Waals surface area contributed by atoms with Gasteiger partial charge in [-0.25, -0.2) is 4.79 Å². The van der Waals surface area contributed by atoms with Crippen LogP contribution in [0.2, 0.25) is 10.0 Å². The standard InChI is InChI=1S/C13H11Cl2NO3/c1-7-8(2-12(19-7)13(17)18)6-16-11-4-9(14)3-10(15)5-11/h2-5,16H,6H2,1H3,(H,17,18). The van der Waals surface area contributed by atoms with Crippen LogP contribution in [-0.2, 0) is 6.54 Å². The van der Waals surface area contributed by atoms with Crippen molar-refractivity contribution in [1.82, 2.24) is 0 Å². The van der Waals surface area contributed by atoms with E-state index in [0.717, 1.165) is 11.3 Å². The maximum Gasteiger partial charge on any atom is 0.371 e. The van der Waals surface area contributed by atoms with Gasteiger partial charge in [0.15, 0.2) is 0 Å². The maximum absolute atomic E-state index is 10.8. The molecule has 2 aromatic rings. The van der Waals surface area contributed by atoms with Crippen molar-refractivity contribution < 1.29 is 14.3 Å². The van der Waals surface area contributed by atoms with E-state index in [4.69, 9.17) is 32.7 Å². The molecule has 0 atom stereocenters. The fraction of sp³-hybridized carbons (Fsp3) is 0.154. The molecule has 0 amide bonds. The molecular weight excluding hydrogens is 289 g/mol. The minimum absolute atomic E-state index is 0.0709. The summed E-state index contributed by atoms with van der Waals surface area (Å²) in [4.78, 5) is 10.8. The topological polar surface area (TPSA) is 62.5 Å². The third-order valence-corrected chi connectivity index (χ3v) is 3.01. The van der Waals surface area contributed by atoms with Gasteiger partial charge in [0.2, 0.25) is 5.76 Å². The molecule has 1 aromatic carbocycles. The van der Waals surface area contributed by atoms with Crippen LogP contribution in [0.5, 0.6) is 0 Å². The predicted octanol–water partition coefficient (Wildman–Crippen LogP) is 4.21. The zero-order chi connectivity index (χ0) is 14.0. The second-order valence-corrected chi connectivity index (χ2v) is 4.88.